The third kappa shape index (κ3) is 4.37. The minimum atomic E-state index is -0.389. The molecule has 0 atom stereocenters. The molecule has 0 radical (unpaired) electrons. The van der Waals surface area contributed by atoms with Gasteiger partial charge in [-0.15, -0.1) is 18.2 Å². The van der Waals surface area contributed by atoms with Gasteiger partial charge in [0.05, 0.1) is 10.7 Å². The summed E-state index contributed by atoms with van der Waals surface area (Å²) in [4.78, 5) is 10.2. The largest absolute Gasteiger partial charge is 0.384 e. The Morgan fingerprint density at radius 1 is 1.59 bits per heavy atom. The van der Waals surface area contributed by atoms with Crippen LogP contribution >= 0.6 is 11.8 Å². The molecule has 0 heterocycles. The predicted octanol–water partition coefficient (Wildman–Crippen LogP) is 2.68. The number of hydrogen-bond acceptors (Lipinski definition) is 4. The van der Waals surface area contributed by atoms with E-state index >= 15 is 0 Å². The maximum atomic E-state index is 10.6. The molecule has 5 heteroatoms. The SMILES string of the molecule is C#CCSCCNc1ccc([N+](=O)[O-])cc1C. The average Bonchev–Trinajstić information content (AvgIpc) is 2.30. The van der Waals surface area contributed by atoms with E-state index in [2.05, 4.69) is 11.2 Å². The molecule has 0 saturated heterocycles. The van der Waals surface area contributed by atoms with Gasteiger partial charge in [0.2, 0.25) is 0 Å². The summed E-state index contributed by atoms with van der Waals surface area (Å²) in [5.74, 6) is 4.18. The summed E-state index contributed by atoms with van der Waals surface area (Å²) in [6.07, 6.45) is 5.14. The van der Waals surface area contributed by atoms with Crippen LogP contribution in [0.2, 0.25) is 0 Å². The van der Waals surface area contributed by atoms with Crippen molar-refractivity contribution in [3.05, 3.63) is 33.9 Å². The summed E-state index contributed by atoms with van der Waals surface area (Å²) in [6, 6.07) is 4.81. The summed E-state index contributed by atoms with van der Waals surface area (Å²) in [7, 11) is 0. The maximum absolute atomic E-state index is 10.6. The normalized spacial score (nSPS) is 9.65. The molecule has 0 aromatic heterocycles. The average molecular weight is 250 g/mol. The molecule has 0 bridgehead atoms. The van der Waals surface area contributed by atoms with Crippen molar-refractivity contribution in [2.75, 3.05) is 23.4 Å². The number of thioether (sulfide) groups is 1. The van der Waals surface area contributed by atoms with Gasteiger partial charge in [-0.2, -0.15) is 0 Å². The van der Waals surface area contributed by atoms with Crippen LogP contribution in [0.5, 0.6) is 0 Å². The molecule has 1 aromatic rings. The van der Waals surface area contributed by atoms with Gasteiger partial charge in [-0.05, 0) is 18.6 Å². The fourth-order valence-electron chi connectivity index (χ4n) is 1.35. The fourth-order valence-corrected chi connectivity index (χ4v) is 1.86. The van der Waals surface area contributed by atoms with Gasteiger partial charge < -0.3 is 5.32 Å². The lowest BCUT2D eigenvalue weighted by molar-refractivity contribution is -0.384. The van der Waals surface area contributed by atoms with E-state index in [0.29, 0.717) is 5.75 Å². The molecular weight excluding hydrogens is 236 g/mol. The van der Waals surface area contributed by atoms with E-state index in [-0.39, 0.29) is 10.6 Å². The molecule has 1 aromatic carbocycles. The maximum Gasteiger partial charge on any atom is 0.269 e. The first-order chi connectivity index (χ1) is 8.15. The molecule has 0 aliphatic heterocycles. The van der Waals surface area contributed by atoms with Gasteiger partial charge in [-0.1, -0.05) is 5.92 Å². The third-order valence-corrected chi connectivity index (χ3v) is 3.03. The van der Waals surface area contributed by atoms with E-state index in [1.807, 2.05) is 6.92 Å². The minimum absolute atomic E-state index is 0.120. The smallest absolute Gasteiger partial charge is 0.269 e. The van der Waals surface area contributed by atoms with Gasteiger partial charge in [0, 0.05) is 30.1 Å². The topological polar surface area (TPSA) is 55.2 Å². The van der Waals surface area contributed by atoms with E-state index in [4.69, 9.17) is 6.42 Å². The third-order valence-electron chi connectivity index (χ3n) is 2.17. The first-order valence-electron chi connectivity index (χ1n) is 5.15. The van der Waals surface area contributed by atoms with Crippen molar-refractivity contribution in [1.82, 2.24) is 0 Å². The van der Waals surface area contributed by atoms with Crippen molar-refractivity contribution in [3.63, 3.8) is 0 Å². The van der Waals surface area contributed by atoms with E-state index in [1.54, 1.807) is 23.9 Å². The lowest BCUT2D eigenvalue weighted by Crippen LogP contribution is -2.05. The van der Waals surface area contributed by atoms with Crippen LogP contribution in [-0.2, 0) is 0 Å². The summed E-state index contributed by atoms with van der Waals surface area (Å²) in [5, 5.41) is 13.8. The highest BCUT2D eigenvalue weighted by Gasteiger charge is 2.07. The fraction of sp³-hybridized carbons (Fsp3) is 0.333. The van der Waals surface area contributed by atoms with E-state index in [1.165, 1.54) is 6.07 Å². The number of nitro benzene ring substituents is 1. The number of aryl methyl sites for hydroxylation is 1. The van der Waals surface area contributed by atoms with Gasteiger partial charge in [0.1, 0.15) is 0 Å². The highest BCUT2D eigenvalue weighted by molar-refractivity contribution is 7.99. The minimum Gasteiger partial charge on any atom is -0.384 e. The van der Waals surface area contributed by atoms with Crippen molar-refractivity contribution < 1.29 is 4.92 Å². The molecule has 1 N–H and O–H groups in total. The van der Waals surface area contributed by atoms with Crippen molar-refractivity contribution in [2.24, 2.45) is 0 Å². The number of hydrogen-bond donors (Lipinski definition) is 1. The molecule has 0 spiro atoms. The number of nitrogens with one attached hydrogen (secondary N) is 1. The Bertz CT molecular complexity index is 441. The van der Waals surface area contributed by atoms with Gasteiger partial charge in [0.25, 0.3) is 5.69 Å². The van der Waals surface area contributed by atoms with Crippen molar-refractivity contribution >= 4 is 23.1 Å². The molecular formula is C12H14N2O2S. The zero-order valence-corrected chi connectivity index (χ0v) is 10.4. The van der Waals surface area contributed by atoms with Crippen molar-refractivity contribution in [2.45, 2.75) is 6.92 Å². The van der Waals surface area contributed by atoms with Crippen LogP contribution in [0.1, 0.15) is 5.56 Å². The highest BCUT2D eigenvalue weighted by Crippen LogP contribution is 2.20. The Hall–Kier alpha value is -1.67. The molecule has 0 saturated carbocycles. The predicted molar refractivity (Wildman–Crippen MR) is 72.5 cm³/mol. The van der Waals surface area contributed by atoms with Gasteiger partial charge >= 0.3 is 0 Å². The lowest BCUT2D eigenvalue weighted by atomic mass is 10.2. The summed E-state index contributed by atoms with van der Waals surface area (Å²) >= 11 is 1.68. The van der Waals surface area contributed by atoms with Crippen LogP contribution in [0.25, 0.3) is 0 Å². The molecule has 4 nitrogen and oxygen atoms in total. The Morgan fingerprint density at radius 3 is 2.94 bits per heavy atom. The summed E-state index contributed by atoms with van der Waals surface area (Å²) in [6.45, 7) is 2.65. The molecule has 0 fully saturated rings. The van der Waals surface area contributed by atoms with E-state index in [0.717, 1.165) is 23.5 Å². The zero-order valence-electron chi connectivity index (χ0n) is 9.60. The molecule has 17 heavy (non-hydrogen) atoms. The number of nitro groups is 1. The van der Waals surface area contributed by atoms with Gasteiger partial charge in [-0.25, -0.2) is 0 Å². The number of anilines is 1. The summed E-state index contributed by atoms with van der Waals surface area (Å²) in [5.41, 5.74) is 1.92. The number of non-ortho nitro benzene ring substituents is 1. The number of rotatable bonds is 6. The quantitative estimate of drug-likeness (QED) is 0.365. The number of terminal acetylenes is 1. The monoisotopic (exact) mass is 250 g/mol. The second kappa shape index (κ2) is 6.81. The van der Waals surface area contributed by atoms with Crippen LogP contribution in [-0.4, -0.2) is 23.0 Å². The highest BCUT2D eigenvalue weighted by atomic mass is 32.2. The molecule has 0 aliphatic carbocycles. The van der Waals surface area contributed by atoms with Crippen LogP contribution < -0.4 is 5.32 Å². The van der Waals surface area contributed by atoms with Gasteiger partial charge in [-0.3, -0.25) is 10.1 Å². The van der Waals surface area contributed by atoms with E-state index < -0.39 is 0 Å². The van der Waals surface area contributed by atoms with Crippen molar-refractivity contribution in [3.8, 4) is 12.3 Å². The number of nitrogens with zero attached hydrogens (tertiary/aromatic N) is 1. The molecule has 0 unspecified atom stereocenters. The van der Waals surface area contributed by atoms with Gasteiger partial charge in [0.15, 0.2) is 0 Å². The lowest BCUT2D eigenvalue weighted by Gasteiger charge is -2.08. The van der Waals surface area contributed by atoms with Crippen molar-refractivity contribution in [1.29, 1.82) is 0 Å². The Kier molecular flexibility index (Phi) is 5.37. The first kappa shape index (κ1) is 13.4. The number of benzene rings is 1. The summed E-state index contributed by atoms with van der Waals surface area (Å²) < 4.78 is 0. The standard InChI is InChI=1S/C12H14N2O2S/c1-3-7-17-8-6-13-12-5-4-11(14(15)16)9-10(12)2/h1,4-5,9,13H,6-8H2,2H3. The Balaban J connectivity index is 2.50. The van der Waals surface area contributed by atoms with Crippen LogP contribution in [0, 0.1) is 29.4 Å². The molecule has 1 rings (SSSR count). The second-order valence-electron chi connectivity index (χ2n) is 3.44. The zero-order chi connectivity index (χ0) is 12.7. The van der Waals surface area contributed by atoms with Crippen LogP contribution in [0.15, 0.2) is 18.2 Å². The van der Waals surface area contributed by atoms with E-state index in [9.17, 15) is 10.1 Å². The molecule has 90 valence electrons. The first-order valence-corrected chi connectivity index (χ1v) is 6.30. The molecule has 0 aliphatic rings. The Morgan fingerprint density at radius 2 is 2.35 bits per heavy atom. The Labute approximate surface area is 105 Å². The van der Waals surface area contributed by atoms with Crippen LogP contribution in [0.3, 0.4) is 0 Å². The second-order valence-corrected chi connectivity index (χ2v) is 4.54. The molecule has 0 amide bonds. The van der Waals surface area contributed by atoms with Crippen LogP contribution in [0.4, 0.5) is 11.4 Å².